The quantitative estimate of drug-likeness (QED) is 0.558. The maximum atomic E-state index is 13.1. The second-order valence-electron chi connectivity index (χ2n) is 6.00. The molecule has 0 aromatic carbocycles. The topological polar surface area (TPSA) is 99.6 Å². The largest absolute Gasteiger partial charge is 0.458 e. The van der Waals surface area contributed by atoms with Gasteiger partial charge in [0.15, 0.2) is 0 Å². The van der Waals surface area contributed by atoms with Gasteiger partial charge in [-0.15, -0.1) is 0 Å². The molecule has 0 aliphatic rings. The second-order valence-corrected chi connectivity index (χ2v) is 8.11. The van der Waals surface area contributed by atoms with Gasteiger partial charge in [-0.3, -0.25) is 9.55 Å². The first-order chi connectivity index (χ1) is 11.1. The average molecular weight is 359 g/mol. The molecule has 136 valence electrons. The summed E-state index contributed by atoms with van der Waals surface area (Å²) in [7, 11) is -3.80. The smallest absolute Gasteiger partial charge is 0.364 e. The number of nitrogens with one attached hydrogen (secondary N) is 1. The van der Waals surface area contributed by atoms with Gasteiger partial charge in [0.05, 0.1) is 31.3 Å². The number of rotatable bonds is 8. The number of esters is 1. The van der Waals surface area contributed by atoms with Crippen LogP contribution in [0.3, 0.4) is 0 Å². The predicted molar refractivity (Wildman–Crippen MR) is 90.9 cm³/mol. The van der Waals surface area contributed by atoms with E-state index in [1.165, 1.54) is 12.4 Å². The molecule has 0 saturated heterocycles. The maximum Gasteiger partial charge on any atom is 0.364 e. The van der Waals surface area contributed by atoms with Gasteiger partial charge in [0.2, 0.25) is 5.78 Å². The van der Waals surface area contributed by atoms with E-state index in [9.17, 15) is 9.36 Å². The minimum Gasteiger partial charge on any atom is -0.458 e. The van der Waals surface area contributed by atoms with E-state index in [2.05, 4.69) is 15.3 Å². The molecule has 1 aromatic heterocycles. The van der Waals surface area contributed by atoms with Crippen LogP contribution in [0.2, 0.25) is 0 Å². The molecule has 0 bridgehead atoms. The van der Waals surface area contributed by atoms with Crippen molar-refractivity contribution in [2.24, 2.45) is 0 Å². The molecule has 1 aromatic rings. The van der Waals surface area contributed by atoms with Crippen molar-refractivity contribution < 1.29 is 23.1 Å². The van der Waals surface area contributed by atoms with Gasteiger partial charge < -0.3 is 19.1 Å². The molecule has 0 spiro atoms. The first kappa shape index (κ1) is 20.5. The molecule has 1 N–H and O–H groups in total. The number of nitrogens with zero attached hydrogens (tertiary/aromatic N) is 2. The van der Waals surface area contributed by atoms with E-state index in [4.69, 9.17) is 13.8 Å². The van der Waals surface area contributed by atoms with Gasteiger partial charge in [0, 0.05) is 0 Å². The molecule has 1 unspecified atom stereocenters. The first-order valence-corrected chi connectivity index (χ1v) is 9.39. The number of ether oxygens (including phenoxy) is 1. The van der Waals surface area contributed by atoms with E-state index in [1.54, 1.807) is 41.5 Å². The van der Waals surface area contributed by atoms with Crippen molar-refractivity contribution >= 4 is 19.4 Å². The van der Waals surface area contributed by atoms with E-state index < -0.39 is 24.9 Å². The fourth-order valence-corrected chi connectivity index (χ4v) is 3.47. The highest BCUT2D eigenvalue weighted by Crippen LogP contribution is 2.53. The molecule has 0 radical (unpaired) electrons. The molecule has 0 amide bonds. The lowest BCUT2D eigenvalue weighted by Crippen LogP contribution is -2.37. The van der Waals surface area contributed by atoms with Gasteiger partial charge in [0.25, 0.3) is 0 Å². The summed E-state index contributed by atoms with van der Waals surface area (Å²) in [5, 5.41) is 2.78. The van der Waals surface area contributed by atoms with E-state index in [-0.39, 0.29) is 19.0 Å². The molecular weight excluding hydrogens is 333 g/mol. The molecule has 9 heteroatoms. The standard InChI is InChI=1S/C15H26N3O5P/c1-7-21-24(20,22-8-2)13(14(19)23-15(4,5)6)18-12-10-16-11(3)9-17-12/h9-10,13H,7-8H2,1-6H3,(H,17,18). The van der Waals surface area contributed by atoms with Gasteiger partial charge in [-0.1, -0.05) is 0 Å². The summed E-state index contributed by atoms with van der Waals surface area (Å²) in [6, 6.07) is 0. The lowest BCUT2D eigenvalue weighted by molar-refractivity contribution is -0.154. The van der Waals surface area contributed by atoms with E-state index in [0.29, 0.717) is 5.69 Å². The molecule has 0 aliphatic carbocycles. The Balaban J connectivity index is 3.16. The number of aryl methyl sites for hydroxylation is 1. The zero-order valence-electron chi connectivity index (χ0n) is 15.0. The van der Waals surface area contributed by atoms with E-state index >= 15 is 0 Å². The summed E-state index contributed by atoms with van der Waals surface area (Å²) in [6.45, 7) is 10.5. The highest BCUT2D eigenvalue weighted by atomic mass is 31.2. The maximum absolute atomic E-state index is 13.1. The number of hydrogen-bond acceptors (Lipinski definition) is 8. The number of carbonyl (C=O) groups is 1. The van der Waals surface area contributed by atoms with Gasteiger partial charge >= 0.3 is 13.6 Å². The zero-order valence-corrected chi connectivity index (χ0v) is 15.9. The first-order valence-electron chi connectivity index (χ1n) is 7.78. The van der Waals surface area contributed by atoms with Crippen molar-refractivity contribution in [3.05, 3.63) is 18.1 Å². The van der Waals surface area contributed by atoms with Gasteiger partial charge in [-0.25, -0.2) is 9.78 Å². The molecule has 1 heterocycles. The lowest BCUT2D eigenvalue weighted by Gasteiger charge is -2.28. The number of carbonyl (C=O) groups excluding carboxylic acids is 1. The number of aromatic nitrogens is 2. The highest BCUT2D eigenvalue weighted by molar-refractivity contribution is 7.55. The Bertz CT molecular complexity index is 576. The normalized spacial score (nSPS) is 13.4. The SMILES string of the molecule is CCOP(=O)(OCC)C(Nc1cnc(C)cn1)C(=O)OC(C)(C)C. The summed E-state index contributed by atoms with van der Waals surface area (Å²) in [4.78, 5) is 20.8. The zero-order chi connectivity index (χ0) is 18.4. The van der Waals surface area contributed by atoms with Crippen LogP contribution in [0.25, 0.3) is 0 Å². The summed E-state index contributed by atoms with van der Waals surface area (Å²) in [6.07, 6.45) is 2.97. The van der Waals surface area contributed by atoms with E-state index in [1.807, 2.05) is 0 Å². The molecular formula is C15H26N3O5P. The van der Waals surface area contributed by atoms with Crippen LogP contribution in [-0.2, 0) is 23.1 Å². The second kappa shape index (κ2) is 8.55. The monoisotopic (exact) mass is 359 g/mol. The van der Waals surface area contributed by atoms with Crippen LogP contribution >= 0.6 is 7.60 Å². The Morgan fingerprint density at radius 1 is 1.21 bits per heavy atom. The minimum atomic E-state index is -3.80. The van der Waals surface area contributed by atoms with Crippen LogP contribution in [0.4, 0.5) is 5.82 Å². The Morgan fingerprint density at radius 2 is 1.79 bits per heavy atom. The van der Waals surface area contributed by atoms with Gasteiger partial charge in [0.1, 0.15) is 11.4 Å². The summed E-state index contributed by atoms with van der Waals surface area (Å²) < 4.78 is 29.0. The Kier molecular flexibility index (Phi) is 7.32. The van der Waals surface area contributed by atoms with Crippen LogP contribution in [0.15, 0.2) is 12.4 Å². The molecule has 0 saturated carbocycles. The fraction of sp³-hybridized carbons (Fsp3) is 0.667. The third kappa shape index (κ3) is 6.19. The molecule has 1 atom stereocenters. The third-order valence-corrected chi connectivity index (χ3v) is 4.84. The Labute approximate surface area is 142 Å². The number of anilines is 1. The molecule has 24 heavy (non-hydrogen) atoms. The van der Waals surface area contributed by atoms with Crippen LogP contribution in [0, 0.1) is 6.92 Å². The van der Waals surface area contributed by atoms with Crippen LogP contribution in [0.1, 0.15) is 40.3 Å². The van der Waals surface area contributed by atoms with Gasteiger partial charge in [-0.05, 0) is 41.5 Å². The van der Waals surface area contributed by atoms with Crippen LogP contribution < -0.4 is 5.32 Å². The highest BCUT2D eigenvalue weighted by Gasteiger charge is 2.44. The molecule has 8 nitrogen and oxygen atoms in total. The summed E-state index contributed by atoms with van der Waals surface area (Å²) >= 11 is 0. The van der Waals surface area contributed by atoms with Crippen LogP contribution in [0.5, 0.6) is 0 Å². The van der Waals surface area contributed by atoms with Crippen molar-refractivity contribution in [1.29, 1.82) is 0 Å². The van der Waals surface area contributed by atoms with Crippen molar-refractivity contribution in [1.82, 2.24) is 9.97 Å². The minimum absolute atomic E-state index is 0.123. The Morgan fingerprint density at radius 3 is 2.21 bits per heavy atom. The van der Waals surface area contributed by atoms with Crippen LogP contribution in [-0.4, -0.2) is 40.5 Å². The van der Waals surface area contributed by atoms with Crippen molar-refractivity contribution in [3.63, 3.8) is 0 Å². The van der Waals surface area contributed by atoms with Crippen molar-refractivity contribution in [2.75, 3.05) is 18.5 Å². The summed E-state index contributed by atoms with van der Waals surface area (Å²) in [5.74, 6) is -1.81. The molecule has 1 rings (SSSR count). The molecule has 0 aliphatic heterocycles. The lowest BCUT2D eigenvalue weighted by atomic mass is 10.2. The Hall–Kier alpha value is -1.50. The predicted octanol–water partition coefficient (Wildman–Crippen LogP) is 3.13. The fourth-order valence-electron chi connectivity index (χ4n) is 1.78. The van der Waals surface area contributed by atoms with Gasteiger partial charge in [-0.2, -0.15) is 0 Å². The average Bonchev–Trinajstić information content (AvgIpc) is 2.45. The van der Waals surface area contributed by atoms with E-state index in [0.717, 1.165) is 0 Å². The van der Waals surface area contributed by atoms with Crippen molar-refractivity contribution in [2.45, 2.75) is 52.9 Å². The van der Waals surface area contributed by atoms with Crippen molar-refractivity contribution in [3.8, 4) is 0 Å². The molecule has 0 fully saturated rings. The summed E-state index contributed by atoms with van der Waals surface area (Å²) in [5.41, 5.74) is -0.0358. The third-order valence-electron chi connectivity index (χ3n) is 2.63. The number of hydrogen-bond donors (Lipinski definition) is 1.